The lowest BCUT2D eigenvalue weighted by molar-refractivity contribution is 0.139. The molecule has 1 N–H and O–H groups in total. The number of hydrogen-bond donors (Lipinski definition) is 1. The van der Waals surface area contributed by atoms with Gasteiger partial charge in [0.05, 0.1) is 19.6 Å². The number of phenols is 1. The molecule has 2 aliphatic rings. The Hall–Kier alpha value is -2.36. The summed E-state index contributed by atoms with van der Waals surface area (Å²) in [6.07, 6.45) is -0.0542. The fraction of sp³-hybridized carbons (Fsp3) is 0.250. The van der Waals surface area contributed by atoms with E-state index in [0.29, 0.717) is 6.61 Å². The van der Waals surface area contributed by atoms with E-state index in [-0.39, 0.29) is 17.8 Å². The van der Waals surface area contributed by atoms with Gasteiger partial charge in [0, 0.05) is 23.3 Å². The number of fused-ring (bicyclic) bond motifs is 5. The predicted molar refractivity (Wildman–Crippen MR) is 72.7 cm³/mol. The average molecular weight is 270 g/mol. The van der Waals surface area contributed by atoms with E-state index in [2.05, 4.69) is 0 Å². The molecule has 2 atom stereocenters. The Balaban J connectivity index is 1.77. The Labute approximate surface area is 116 Å². The van der Waals surface area contributed by atoms with Crippen molar-refractivity contribution in [2.75, 3.05) is 13.7 Å². The molecule has 2 heterocycles. The minimum Gasteiger partial charge on any atom is -0.508 e. The molecule has 4 nitrogen and oxygen atoms in total. The molecule has 0 amide bonds. The highest BCUT2D eigenvalue weighted by Crippen LogP contribution is 2.51. The van der Waals surface area contributed by atoms with Crippen LogP contribution in [0.5, 0.6) is 23.0 Å². The molecule has 0 aromatic heterocycles. The monoisotopic (exact) mass is 270 g/mol. The van der Waals surface area contributed by atoms with Crippen molar-refractivity contribution < 1.29 is 19.3 Å². The van der Waals surface area contributed by atoms with Gasteiger partial charge in [-0.05, 0) is 18.2 Å². The summed E-state index contributed by atoms with van der Waals surface area (Å²) < 4.78 is 17.1. The van der Waals surface area contributed by atoms with E-state index in [1.54, 1.807) is 19.2 Å². The summed E-state index contributed by atoms with van der Waals surface area (Å²) in [4.78, 5) is 0. The molecule has 0 saturated carbocycles. The van der Waals surface area contributed by atoms with Crippen LogP contribution in [0.4, 0.5) is 0 Å². The van der Waals surface area contributed by atoms with E-state index in [4.69, 9.17) is 14.2 Å². The van der Waals surface area contributed by atoms with Gasteiger partial charge in [0.25, 0.3) is 0 Å². The van der Waals surface area contributed by atoms with Crippen molar-refractivity contribution in [2.24, 2.45) is 0 Å². The van der Waals surface area contributed by atoms with Crippen LogP contribution in [-0.4, -0.2) is 18.8 Å². The lowest BCUT2D eigenvalue weighted by Gasteiger charge is -2.28. The minimum atomic E-state index is -0.0542. The summed E-state index contributed by atoms with van der Waals surface area (Å²) in [5.41, 5.74) is 2.12. The molecule has 2 aliphatic heterocycles. The van der Waals surface area contributed by atoms with Crippen molar-refractivity contribution in [3.8, 4) is 23.0 Å². The van der Waals surface area contributed by atoms with Gasteiger partial charge in [-0.1, -0.05) is 6.07 Å². The SMILES string of the molecule is COc1ccc2c(c1)OC[C@@H]1c3ccc(O)cc3O[C@H]21. The second-order valence-electron chi connectivity index (χ2n) is 5.08. The molecule has 0 aliphatic carbocycles. The van der Waals surface area contributed by atoms with Gasteiger partial charge in [0.15, 0.2) is 0 Å². The molecule has 102 valence electrons. The average Bonchev–Trinajstić information content (AvgIpc) is 2.84. The molecule has 0 unspecified atom stereocenters. The van der Waals surface area contributed by atoms with Crippen LogP contribution in [0.1, 0.15) is 23.1 Å². The first-order valence-electron chi connectivity index (χ1n) is 6.56. The smallest absolute Gasteiger partial charge is 0.138 e. The molecule has 2 aromatic rings. The maximum absolute atomic E-state index is 9.57. The highest BCUT2D eigenvalue weighted by Gasteiger charge is 2.40. The number of rotatable bonds is 1. The maximum Gasteiger partial charge on any atom is 0.138 e. The van der Waals surface area contributed by atoms with Crippen molar-refractivity contribution in [1.82, 2.24) is 0 Å². The Morgan fingerprint density at radius 1 is 1.10 bits per heavy atom. The quantitative estimate of drug-likeness (QED) is 0.865. The Morgan fingerprint density at radius 3 is 2.80 bits per heavy atom. The molecular weight excluding hydrogens is 256 g/mol. The van der Waals surface area contributed by atoms with Gasteiger partial charge in [0.1, 0.15) is 29.1 Å². The fourth-order valence-electron chi connectivity index (χ4n) is 2.95. The third-order valence-electron chi connectivity index (χ3n) is 3.96. The highest BCUT2D eigenvalue weighted by molar-refractivity contribution is 5.52. The molecule has 0 saturated heterocycles. The van der Waals surface area contributed by atoms with Crippen LogP contribution < -0.4 is 14.2 Å². The minimum absolute atomic E-state index is 0.0542. The maximum atomic E-state index is 9.57. The highest BCUT2D eigenvalue weighted by atomic mass is 16.5. The van der Waals surface area contributed by atoms with Crippen LogP contribution >= 0.6 is 0 Å². The molecule has 0 bridgehead atoms. The molecule has 20 heavy (non-hydrogen) atoms. The van der Waals surface area contributed by atoms with Gasteiger partial charge in [-0.25, -0.2) is 0 Å². The number of benzene rings is 2. The van der Waals surface area contributed by atoms with E-state index in [0.717, 1.165) is 28.4 Å². The Kier molecular flexibility index (Phi) is 2.33. The predicted octanol–water partition coefficient (Wildman–Crippen LogP) is 3.01. The zero-order valence-corrected chi connectivity index (χ0v) is 11.0. The van der Waals surface area contributed by atoms with E-state index in [1.807, 2.05) is 24.3 Å². The molecule has 0 radical (unpaired) electrons. The third kappa shape index (κ3) is 1.54. The largest absolute Gasteiger partial charge is 0.508 e. The van der Waals surface area contributed by atoms with Crippen molar-refractivity contribution in [3.05, 3.63) is 47.5 Å². The molecule has 2 aromatic carbocycles. The zero-order valence-electron chi connectivity index (χ0n) is 11.0. The van der Waals surface area contributed by atoms with E-state index in [1.165, 1.54) is 0 Å². The van der Waals surface area contributed by atoms with Crippen molar-refractivity contribution in [1.29, 1.82) is 0 Å². The summed E-state index contributed by atoms with van der Waals surface area (Å²) in [5, 5.41) is 9.57. The summed E-state index contributed by atoms with van der Waals surface area (Å²) in [7, 11) is 1.64. The standard InChI is InChI=1S/C16H14O4/c1-18-10-3-5-12-14(7-10)19-8-13-11-4-2-9(17)6-15(11)20-16(12)13/h2-7,13,16-17H,8H2,1H3/t13-,16-/m1/s1. The van der Waals surface area contributed by atoms with E-state index in [9.17, 15) is 5.11 Å². The van der Waals surface area contributed by atoms with Crippen LogP contribution in [0, 0.1) is 0 Å². The van der Waals surface area contributed by atoms with E-state index >= 15 is 0 Å². The Morgan fingerprint density at radius 2 is 1.95 bits per heavy atom. The second kappa shape index (κ2) is 4.07. The number of aromatic hydroxyl groups is 1. The summed E-state index contributed by atoms with van der Waals surface area (Å²) >= 11 is 0. The Bertz CT molecular complexity index is 680. The first kappa shape index (κ1) is 11.5. The van der Waals surface area contributed by atoms with Crippen LogP contribution in [0.15, 0.2) is 36.4 Å². The van der Waals surface area contributed by atoms with Gasteiger partial charge in [-0.15, -0.1) is 0 Å². The number of ether oxygens (including phenoxy) is 3. The number of methoxy groups -OCH3 is 1. The summed E-state index contributed by atoms with van der Waals surface area (Å²) in [6, 6.07) is 11.0. The number of phenolic OH excluding ortho intramolecular Hbond substituents is 1. The third-order valence-corrected chi connectivity index (χ3v) is 3.96. The first-order valence-corrected chi connectivity index (χ1v) is 6.56. The van der Waals surface area contributed by atoms with Crippen molar-refractivity contribution in [3.63, 3.8) is 0 Å². The molecular formula is C16H14O4. The zero-order chi connectivity index (χ0) is 13.7. The summed E-state index contributed by atoms with van der Waals surface area (Å²) in [6.45, 7) is 0.572. The van der Waals surface area contributed by atoms with E-state index < -0.39 is 0 Å². The van der Waals surface area contributed by atoms with Gasteiger partial charge >= 0.3 is 0 Å². The first-order chi connectivity index (χ1) is 9.76. The van der Waals surface area contributed by atoms with Gasteiger partial charge in [-0.2, -0.15) is 0 Å². The van der Waals surface area contributed by atoms with Gasteiger partial charge in [-0.3, -0.25) is 0 Å². The van der Waals surface area contributed by atoms with Crippen molar-refractivity contribution in [2.45, 2.75) is 12.0 Å². The van der Waals surface area contributed by atoms with Crippen molar-refractivity contribution >= 4 is 0 Å². The topological polar surface area (TPSA) is 47.9 Å². The number of hydrogen-bond acceptors (Lipinski definition) is 4. The molecule has 0 fully saturated rings. The fourth-order valence-corrected chi connectivity index (χ4v) is 2.95. The molecule has 0 spiro atoms. The van der Waals surface area contributed by atoms with Crippen LogP contribution in [-0.2, 0) is 0 Å². The molecule has 4 heteroatoms. The van der Waals surface area contributed by atoms with Crippen LogP contribution in [0.2, 0.25) is 0 Å². The lowest BCUT2D eigenvalue weighted by Crippen LogP contribution is -2.23. The lowest BCUT2D eigenvalue weighted by atomic mass is 9.89. The van der Waals surface area contributed by atoms with Gasteiger partial charge in [0.2, 0.25) is 0 Å². The summed E-state index contributed by atoms with van der Waals surface area (Å²) in [5.74, 6) is 2.72. The second-order valence-corrected chi connectivity index (χ2v) is 5.08. The van der Waals surface area contributed by atoms with Gasteiger partial charge < -0.3 is 19.3 Å². The normalized spacial score (nSPS) is 22.1. The van der Waals surface area contributed by atoms with Crippen LogP contribution in [0.25, 0.3) is 0 Å². The van der Waals surface area contributed by atoms with Crippen LogP contribution in [0.3, 0.4) is 0 Å². The molecule has 4 rings (SSSR count).